The van der Waals surface area contributed by atoms with Crippen molar-refractivity contribution in [2.45, 2.75) is 25.9 Å². The molecule has 0 radical (unpaired) electrons. The van der Waals surface area contributed by atoms with Gasteiger partial charge in [0.25, 0.3) is 0 Å². The van der Waals surface area contributed by atoms with E-state index in [2.05, 4.69) is 51.0 Å². The molecule has 1 unspecified atom stereocenters. The van der Waals surface area contributed by atoms with Crippen molar-refractivity contribution in [2.75, 3.05) is 7.05 Å². The molecule has 0 aliphatic carbocycles. The molecular weight excluding hydrogens is 260 g/mol. The highest BCUT2D eigenvalue weighted by molar-refractivity contribution is 5.82. The number of hydrogen-bond acceptors (Lipinski definition) is 3. The van der Waals surface area contributed by atoms with E-state index in [0.29, 0.717) is 0 Å². The maximum absolute atomic E-state index is 4.55. The lowest BCUT2D eigenvalue weighted by atomic mass is 10.00. The standard InChI is InChI=1S/C17H20N4/c1-3-21-11-10-19-16(21)12-15(18-2)14-8-4-6-13-7-5-9-20-17(13)14/h4-11,15,18H,3,12H2,1-2H3. The topological polar surface area (TPSA) is 42.7 Å². The molecule has 1 N–H and O–H groups in total. The van der Waals surface area contributed by atoms with E-state index in [4.69, 9.17) is 0 Å². The van der Waals surface area contributed by atoms with E-state index < -0.39 is 0 Å². The molecule has 0 saturated carbocycles. The van der Waals surface area contributed by atoms with E-state index in [9.17, 15) is 0 Å². The number of fused-ring (bicyclic) bond motifs is 1. The second-order valence-electron chi connectivity index (χ2n) is 5.10. The second kappa shape index (κ2) is 6.06. The number of benzene rings is 1. The quantitative estimate of drug-likeness (QED) is 0.781. The Morgan fingerprint density at radius 2 is 2.00 bits per heavy atom. The van der Waals surface area contributed by atoms with Crippen LogP contribution in [0.5, 0.6) is 0 Å². The lowest BCUT2D eigenvalue weighted by molar-refractivity contribution is 0.555. The Morgan fingerprint density at radius 3 is 2.81 bits per heavy atom. The molecular formula is C17H20N4. The normalized spacial score (nSPS) is 12.7. The fourth-order valence-electron chi connectivity index (χ4n) is 2.78. The molecule has 0 saturated heterocycles. The predicted octanol–water partition coefficient (Wildman–Crippen LogP) is 2.95. The van der Waals surface area contributed by atoms with Gasteiger partial charge in [-0.05, 0) is 25.6 Å². The Labute approximate surface area is 124 Å². The van der Waals surface area contributed by atoms with E-state index in [1.165, 1.54) is 10.9 Å². The van der Waals surface area contributed by atoms with Crippen molar-refractivity contribution in [3.8, 4) is 0 Å². The Bertz CT molecular complexity index is 727. The molecule has 0 amide bonds. The van der Waals surface area contributed by atoms with Crippen molar-refractivity contribution in [1.82, 2.24) is 19.9 Å². The molecule has 1 aromatic carbocycles. The smallest absolute Gasteiger partial charge is 0.110 e. The molecule has 4 nitrogen and oxygen atoms in total. The van der Waals surface area contributed by atoms with Crippen LogP contribution < -0.4 is 5.32 Å². The van der Waals surface area contributed by atoms with Crippen LogP contribution in [0.15, 0.2) is 48.9 Å². The minimum Gasteiger partial charge on any atom is -0.335 e. The number of para-hydroxylation sites is 1. The van der Waals surface area contributed by atoms with E-state index in [1.807, 2.05) is 31.7 Å². The summed E-state index contributed by atoms with van der Waals surface area (Å²) in [5.74, 6) is 1.10. The SMILES string of the molecule is CCn1ccnc1CC(NC)c1cccc2cccnc12. The number of pyridine rings is 1. The third-order valence-electron chi connectivity index (χ3n) is 3.92. The number of imidazole rings is 1. The Balaban J connectivity index is 1.99. The first-order valence-electron chi connectivity index (χ1n) is 7.34. The van der Waals surface area contributed by atoms with Gasteiger partial charge in [-0.2, -0.15) is 0 Å². The Hall–Kier alpha value is -2.20. The molecule has 0 fully saturated rings. The molecule has 0 aliphatic rings. The van der Waals surface area contributed by atoms with Crippen LogP contribution in [0, 0.1) is 0 Å². The number of hydrogen-bond donors (Lipinski definition) is 1. The Morgan fingerprint density at radius 1 is 1.14 bits per heavy atom. The molecule has 3 rings (SSSR count). The molecule has 4 heteroatoms. The van der Waals surface area contributed by atoms with E-state index in [1.54, 1.807) is 0 Å². The predicted molar refractivity (Wildman–Crippen MR) is 85.1 cm³/mol. The van der Waals surface area contributed by atoms with Gasteiger partial charge in [-0.15, -0.1) is 0 Å². The molecule has 3 aromatic rings. The zero-order valence-electron chi connectivity index (χ0n) is 12.5. The van der Waals surface area contributed by atoms with Crippen LogP contribution in [-0.2, 0) is 13.0 Å². The van der Waals surface area contributed by atoms with Crippen LogP contribution >= 0.6 is 0 Å². The van der Waals surface area contributed by atoms with Crippen molar-refractivity contribution in [1.29, 1.82) is 0 Å². The summed E-state index contributed by atoms with van der Waals surface area (Å²) in [6, 6.07) is 10.6. The summed E-state index contributed by atoms with van der Waals surface area (Å²) in [4.78, 5) is 9.04. The van der Waals surface area contributed by atoms with Gasteiger partial charge < -0.3 is 9.88 Å². The highest BCUT2D eigenvalue weighted by Crippen LogP contribution is 2.24. The minimum absolute atomic E-state index is 0.205. The highest BCUT2D eigenvalue weighted by atomic mass is 15.1. The molecule has 0 bridgehead atoms. The van der Waals surface area contributed by atoms with Crippen molar-refractivity contribution in [3.05, 3.63) is 60.3 Å². The van der Waals surface area contributed by atoms with Crippen LogP contribution in [0.4, 0.5) is 0 Å². The van der Waals surface area contributed by atoms with Crippen LogP contribution in [0.2, 0.25) is 0 Å². The largest absolute Gasteiger partial charge is 0.335 e. The first-order chi connectivity index (χ1) is 10.3. The molecule has 21 heavy (non-hydrogen) atoms. The number of rotatable bonds is 5. The Kier molecular flexibility index (Phi) is 3.97. The summed E-state index contributed by atoms with van der Waals surface area (Å²) in [7, 11) is 1.99. The van der Waals surface area contributed by atoms with Crippen LogP contribution in [0.1, 0.15) is 24.4 Å². The summed E-state index contributed by atoms with van der Waals surface area (Å²) in [5.41, 5.74) is 2.29. The van der Waals surface area contributed by atoms with Crippen molar-refractivity contribution in [3.63, 3.8) is 0 Å². The zero-order chi connectivity index (χ0) is 14.7. The minimum atomic E-state index is 0.205. The van der Waals surface area contributed by atoms with Gasteiger partial charge in [-0.1, -0.05) is 24.3 Å². The van der Waals surface area contributed by atoms with Crippen molar-refractivity contribution < 1.29 is 0 Å². The lowest BCUT2D eigenvalue weighted by Crippen LogP contribution is -2.21. The van der Waals surface area contributed by atoms with Crippen LogP contribution in [0.25, 0.3) is 10.9 Å². The number of nitrogens with one attached hydrogen (secondary N) is 1. The van der Waals surface area contributed by atoms with E-state index in [0.717, 1.165) is 24.3 Å². The van der Waals surface area contributed by atoms with Crippen molar-refractivity contribution in [2.24, 2.45) is 0 Å². The number of aryl methyl sites for hydroxylation is 1. The van der Waals surface area contributed by atoms with Gasteiger partial charge in [0.15, 0.2) is 0 Å². The second-order valence-corrected chi connectivity index (χ2v) is 5.10. The lowest BCUT2D eigenvalue weighted by Gasteiger charge is -2.18. The van der Waals surface area contributed by atoms with Gasteiger partial charge >= 0.3 is 0 Å². The van der Waals surface area contributed by atoms with E-state index in [-0.39, 0.29) is 6.04 Å². The maximum atomic E-state index is 4.55. The number of likely N-dealkylation sites (N-methyl/N-ethyl adjacent to an activating group) is 1. The molecule has 2 heterocycles. The molecule has 1 atom stereocenters. The average Bonchev–Trinajstić information content (AvgIpc) is 2.99. The maximum Gasteiger partial charge on any atom is 0.110 e. The summed E-state index contributed by atoms with van der Waals surface area (Å²) >= 11 is 0. The molecule has 2 aromatic heterocycles. The van der Waals surface area contributed by atoms with Crippen LogP contribution in [0.3, 0.4) is 0 Å². The summed E-state index contributed by atoms with van der Waals surface area (Å²) in [6.45, 7) is 3.08. The van der Waals surface area contributed by atoms with Crippen LogP contribution in [-0.4, -0.2) is 21.6 Å². The fraction of sp³-hybridized carbons (Fsp3) is 0.294. The van der Waals surface area contributed by atoms with Gasteiger partial charge in [0.2, 0.25) is 0 Å². The number of aromatic nitrogens is 3. The first kappa shape index (κ1) is 13.8. The van der Waals surface area contributed by atoms with Crippen molar-refractivity contribution >= 4 is 10.9 Å². The van der Waals surface area contributed by atoms with Gasteiger partial charge in [-0.25, -0.2) is 4.98 Å². The summed E-state index contributed by atoms with van der Waals surface area (Å²) in [6.07, 6.45) is 6.61. The van der Waals surface area contributed by atoms with Gasteiger partial charge in [-0.3, -0.25) is 4.98 Å². The molecule has 0 spiro atoms. The molecule has 108 valence electrons. The summed E-state index contributed by atoms with van der Waals surface area (Å²) < 4.78 is 2.18. The first-order valence-corrected chi connectivity index (χ1v) is 7.34. The van der Waals surface area contributed by atoms with E-state index >= 15 is 0 Å². The monoisotopic (exact) mass is 280 g/mol. The fourth-order valence-corrected chi connectivity index (χ4v) is 2.78. The summed E-state index contributed by atoms with van der Waals surface area (Å²) in [5, 5.41) is 4.58. The zero-order valence-corrected chi connectivity index (χ0v) is 12.5. The average molecular weight is 280 g/mol. The third-order valence-corrected chi connectivity index (χ3v) is 3.92. The number of nitrogens with zero attached hydrogens (tertiary/aromatic N) is 3. The molecule has 0 aliphatic heterocycles. The van der Waals surface area contributed by atoms with Gasteiger partial charge in [0.05, 0.1) is 5.52 Å². The van der Waals surface area contributed by atoms with Gasteiger partial charge in [0.1, 0.15) is 5.82 Å². The third kappa shape index (κ3) is 2.67. The highest BCUT2D eigenvalue weighted by Gasteiger charge is 2.16. The van der Waals surface area contributed by atoms with Gasteiger partial charge in [0, 0.05) is 43.0 Å².